The van der Waals surface area contributed by atoms with Crippen molar-refractivity contribution in [1.29, 1.82) is 0 Å². The Bertz CT molecular complexity index is 1330. The molecule has 36 heavy (non-hydrogen) atoms. The van der Waals surface area contributed by atoms with E-state index in [1.54, 1.807) is 55.8 Å². The number of rotatable bonds is 8. The first kappa shape index (κ1) is 25.7. The quantitative estimate of drug-likeness (QED) is 0.292. The fourth-order valence-electron chi connectivity index (χ4n) is 3.22. The number of nitrogens with one attached hydrogen (secondary N) is 1. The molecule has 1 aliphatic rings. The van der Waals surface area contributed by atoms with Crippen LogP contribution >= 0.6 is 39.9 Å². The third-order valence-electron chi connectivity index (χ3n) is 5.00. The Morgan fingerprint density at radius 1 is 1.17 bits per heavy atom. The van der Waals surface area contributed by atoms with Crippen LogP contribution < -0.4 is 19.6 Å². The summed E-state index contributed by atoms with van der Waals surface area (Å²) in [6.07, 6.45) is 3.37. The van der Waals surface area contributed by atoms with Crippen LogP contribution in [0.1, 0.15) is 21.6 Å². The zero-order chi connectivity index (χ0) is 25.7. The van der Waals surface area contributed by atoms with Gasteiger partial charge in [-0.1, -0.05) is 17.8 Å². The standard InChI is InChI=1S/C25H20BrN3O5S2/c1-32-18-8-6-16(7-9-18)23(30)28-29-24(31)21(36-25(29)35)13-15-11-19(26)22(20(12-15)33-2)34-14-17-5-3-4-10-27-17/h3-13H,14H2,1-2H3,(H,28,30)/b21-13+. The highest BCUT2D eigenvalue weighted by Crippen LogP contribution is 2.39. The summed E-state index contributed by atoms with van der Waals surface area (Å²) in [5.41, 5.74) is 4.39. The Morgan fingerprint density at radius 2 is 1.94 bits per heavy atom. The van der Waals surface area contributed by atoms with Gasteiger partial charge in [0.2, 0.25) is 0 Å². The molecule has 1 saturated heterocycles. The van der Waals surface area contributed by atoms with Gasteiger partial charge in [-0.3, -0.25) is 20.0 Å². The van der Waals surface area contributed by atoms with Crippen molar-refractivity contribution in [2.45, 2.75) is 6.61 Å². The first-order valence-corrected chi connectivity index (χ1v) is 12.5. The van der Waals surface area contributed by atoms with E-state index in [4.69, 9.17) is 26.4 Å². The van der Waals surface area contributed by atoms with Gasteiger partial charge in [-0.2, -0.15) is 5.01 Å². The number of pyridine rings is 1. The molecule has 1 aromatic heterocycles. The Labute approximate surface area is 225 Å². The molecule has 0 atom stereocenters. The lowest BCUT2D eigenvalue weighted by Gasteiger charge is -2.15. The number of amides is 2. The van der Waals surface area contributed by atoms with Crippen LogP contribution in [0.25, 0.3) is 6.08 Å². The maximum absolute atomic E-state index is 13.0. The van der Waals surface area contributed by atoms with Crippen molar-refractivity contribution >= 4 is 62.1 Å². The van der Waals surface area contributed by atoms with Crippen molar-refractivity contribution in [3.8, 4) is 17.2 Å². The predicted molar refractivity (Wildman–Crippen MR) is 145 cm³/mol. The third-order valence-corrected chi connectivity index (χ3v) is 6.89. The lowest BCUT2D eigenvalue weighted by molar-refractivity contribution is -0.123. The second kappa shape index (κ2) is 11.5. The van der Waals surface area contributed by atoms with E-state index in [0.717, 1.165) is 22.5 Å². The summed E-state index contributed by atoms with van der Waals surface area (Å²) in [5, 5.41) is 1.06. The molecule has 2 amide bonds. The molecule has 1 N–H and O–H groups in total. The minimum atomic E-state index is -0.464. The monoisotopic (exact) mass is 585 g/mol. The van der Waals surface area contributed by atoms with E-state index in [0.29, 0.717) is 37.8 Å². The summed E-state index contributed by atoms with van der Waals surface area (Å²) in [6.45, 7) is 0.266. The van der Waals surface area contributed by atoms with Gasteiger partial charge in [0, 0.05) is 11.8 Å². The molecule has 0 radical (unpaired) electrons. The number of aromatic nitrogens is 1. The fourth-order valence-corrected chi connectivity index (χ4v) is 4.97. The number of benzene rings is 2. The number of halogens is 1. The average Bonchev–Trinajstić information content (AvgIpc) is 3.15. The fraction of sp³-hybridized carbons (Fsp3) is 0.120. The predicted octanol–water partition coefficient (Wildman–Crippen LogP) is 4.99. The van der Waals surface area contributed by atoms with Crippen LogP contribution in [-0.4, -0.2) is 40.3 Å². The Hall–Kier alpha value is -3.41. The number of hydrogen-bond acceptors (Lipinski definition) is 8. The van der Waals surface area contributed by atoms with Crippen LogP contribution in [0.3, 0.4) is 0 Å². The third kappa shape index (κ3) is 5.86. The molecule has 0 aliphatic carbocycles. The van der Waals surface area contributed by atoms with Crippen LogP contribution in [0.5, 0.6) is 17.2 Å². The van der Waals surface area contributed by atoms with Crippen LogP contribution in [0.15, 0.2) is 70.2 Å². The number of methoxy groups -OCH3 is 2. The maximum atomic E-state index is 13.0. The molecule has 3 aromatic rings. The van der Waals surface area contributed by atoms with Crippen LogP contribution in [0, 0.1) is 0 Å². The van der Waals surface area contributed by atoms with E-state index in [9.17, 15) is 9.59 Å². The zero-order valence-electron chi connectivity index (χ0n) is 19.2. The number of nitrogens with zero attached hydrogens (tertiary/aromatic N) is 2. The number of hydrazine groups is 1. The van der Waals surface area contributed by atoms with Crippen molar-refractivity contribution in [3.63, 3.8) is 0 Å². The summed E-state index contributed by atoms with van der Waals surface area (Å²) in [7, 11) is 3.08. The van der Waals surface area contributed by atoms with Crippen molar-refractivity contribution in [2.24, 2.45) is 0 Å². The Morgan fingerprint density at radius 3 is 2.61 bits per heavy atom. The number of ether oxygens (including phenoxy) is 3. The van der Waals surface area contributed by atoms with Gasteiger partial charge in [0.1, 0.15) is 12.4 Å². The van der Waals surface area contributed by atoms with E-state index < -0.39 is 11.8 Å². The minimum absolute atomic E-state index is 0.217. The van der Waals surface area contributed by atoms with E-state index in [1.807, 2.05) is 18.2 Å². The highest BCUT2D eigenvalue weighted by atomic mass is 79.9. The first-order chi connectivity index (χ1) is 17.4. The van der Waals surface area contributed by atoms with Crippen molar-refractivity contribution < 1.29 is 23.8 Å². The molecule has 0 unspecified atom stereocenters. The highest BCUT2D eigenvalue weighted by molar-refractivity contribution is 9.10. The Kier molecular flexibility index (Phi) is 8.24. The molecular formula is C25H20BrN3O5S2. The summed E-state index contributed by atoms with van der Waals surface area (Å²) >= 11 is 9.94. The number of carbonyl (C=O) groups is 2. The number of hydrogen-bond donors (Lipinski definition) is 1. The normalized spacial score (nSPS) is 14.2. The topological polar surface area (TPSA) is 90.0 Å². The van der Waals surface area contributed by atoms with Gasteiger partial charge in [-0.05, 0) is 88.3 Å². The summed E-state index contributed by atoms with van der Waals surface area (Å²) in [4.78, 5) is 30.2. The molecule has 1 aliphatic heterocycles. The SMILES string of the molecule is COc1ccc(C(=O)NN2C(=O)/C(=C\c3cc(Br)c(OCc4ccccn4)c(OC)c3)SC2=S)cc1. The highest BCUT2D eigenvalue weighted by Gasteiger charge is 2.34. The lowest BCUT2D eigenvalue weighted by atomic mass is 10.2. The Balaban J connectivity index is 1.49. The molecular weight excluding hydrogens is 566 g/mol. The van der Waals surface area contributed by atoms with Gasteiger partial charge in [0.25, 0.3) is 11.8 Å². The molecule has 0 bridgehead atoms. The summed E-state index contributed by atoms with van der Waals surface area (Å²) in [6, 6.07) is 15.7. The maximum Gasteiger partial charge on any atom is 0.285 e. The molecule has 8 nitrogen and oxygen atoms in total. The van der Waals surface area contributed by atoms with E-state index >= 15 is 0 Å². The van der Waals surface area contributed by atoms with Gasteiger partial charge in [0.15, 0.2) is 15.8 Å². The number of carbonyl (C=O) groups excluding carboxylic acids is 2. The molecule has 0 spiro atoms. The largest absolute Gasteiger partial charge is 0.497 e. The van der Waals surface area contributed by atoms with Gasteiger partial charge in [-0.15, -0.1) is 0 Å². The van der Waals surface area contributed by atoms with Crippen molar-refractivity contribution in [2.75, 3.05) is 14.2 Å². The smallest absolute Gasteiger partial charge is 0.285 e. The van der Waals surface area contributed by atoms with Gasteiger partial charge >= 0.3 is 0 Å². The number of thioether (sulfide) groups is 1. The van der Waals surface area contributed by atoms with E-state index in [1.165, 1.54) is 7.11 Å². The van der Waals surface area contributed by atoms with Gasteiger partial charge in [-0.25, -0.2) is 0 Å². The average molecular weight is 586 g/mol. The van der Waals surface area contributed by atoms with Gasteiger partial charge in [0.05, 0.1) is 29.3 Å². The second-order valence-electron chi connectivity index (χ2n) is 7.33. The van der Waals surface area contributed by atoms with Gasteiger partial charge < -0.3 is 14.2 Å². The molecule has 0 saturated carbocycles. The van der Waals surface area contributed by atoms with Crippen molar-refractivity contribution in [1.82, 2.24) is 15.4 Å². The number of thiocarbonyl (C=S) groups is 1. The van der Waals surface area contributed by atoms with Crippen LogP contribution in [-0.2, 0) is 11.4 Å². The molecule has 2 aromatic carbocycles. The van der Waals surface area contributed by atoms with E-state index in [2.05, 4.69) is 26.3 Å². The lowest BCUT2D eigenvalue weighted by Crippen LogP contribution is -2.44. The van der Waals surface area contributed by atoms with Crippen LogP contribution in [0.2, 0.25) is 0 Å². The molecule has 1 fully saturated rings. The first-order valence-electron chi connectivity index (χ1n) is 10.5. The second-order valence-corrected chi connectivity index (χ2v) is 9.86. The summed E-state index contributed by atoms with van der Waals surface area (Å²) < 4.78 is 17.4. The van der Waals surface area contributed by atoms with Crippen molar-refractivity contribution in [3.05, 3.63) is 87.0 Å². The zero-order valence-corrected chi connectivity index (χ0v) is 22.4. The minimum Gasteiger partial charge on any atom is -0.497 e. The van der Waals surface area contributed by atoms with E-state index in [-0.39, 0.29) is 10.9 Å². The molecule has 184 valence electrons. The molecule has 11 heteroatoms. The molecule has 4 rings (SSSR count). The van der Waals surface area contributed by atoms with Crippen LogP contribution in [0.4, 0.5) is 0 Å². The summed E-state index contributed by atoms with van der Waals surface area (Å²) in [5.74, 6) is 0.718. The molecule has 2 heterocycles.